The van der Waals surface area contributed by atoms with Crippen molar-refractivity contribution in [3.05, 3.63) is 39.4 Å². The minimum absolute atomic E-state index is 0.0833. The fourth-order valence-electron chi connectivity index (χ4n) is 2.69. The van der Waals surface area contributed by atoms with Gasteiger partial charge in [-0.15, -0.1) is 0 Å². The third-order valence-electron chi connectivity index (χ3n) is 4.18. The Hall–Kier alpha value is -2.56. The molecule has 0 spiro atoms. The van der Waals surface area contributed by atoms with Gasteiger partial charge in [-0.05, 0) is 40.2 Å². The quantitative estimate of drug-likeness (QED) is 0.687. The summed E-state index contributed by atoms with van der Waals surface area (Å²) >= 11 is 0. The molecule has 0 bridgehead atoms. The summed E-state index contributed by atoms with van der Waals surface area (Å²) in [6.07, 6.45) is -0.598. The summed E-state index contributed by atoms with van der Waals surface area (Å²) in [7, 11) is 0. The minimum Gasteiger partial charge on any atom is -0.482 e. The van der Waals surface area contributed by atoms with E-state index in [1.54, 1.807) is 13.0 Å². The zero-order valence-corrected chi connectivity index (χ0v) is 13.8. The zero-order chi connectivity index (χ0) is 16.9. The first-order valence-electron chi connectivity index (χ1n) is 7.44. The Morgan fingerprint density at radius 2 is 1.83 bits per heavy atom. The Morgan fingerprint density at radius 1 is 1.13 bits per heavy atom. The minimum atomic E-state index is -0.598. The molecule has 1 unspecified atom stereocenters. The van der Waals surface area contributed by atoms with Gasteiger partial charge in [-0.25, -0.2) is 4.79 Å². The standard InChI is InChI=1S/C18H18O5/c1-8-6-15(20)23-18-16(8)13(22-12(5)10(3)19)7-14-17(18)9(2)11(4)21-14/h6-7,12H,1-5H3. The van der Waals surface area contributed by atoms with E-state index < -0.39 is 11.7 Å². The van der Waals surface area contributed by atoms with Crippen molar-refractivity contribution in [1.82, 2.24) is 0 Å². The van der Waals surface area contributed by atoms with Crippen LogP contribution in [-0.2, 0) is 4.79 Å². The SMILES string of the molecule is CC(=O)C(C)Oc1cc2oc(C)c(C)c2c2oc(=O)cc(C)c12. The van der Waals surface area contributed by atoms with Gasteiger partial charge in [0.1, 0.15) is 17.1 Å². The van der Waals surface area contributed by atoms with Gasteiger partial charge in [-0.2, -0.15) is 0 Å². The second-order valence-corrected chi connectivity index (χ2v) is 5.85. The summed E-state index contributed by atoms with van der Waals surface area (Å²) in [5.74, 6) is 1.15. The number of hydrogen-bond donors (Lipinski definition) is 0. The van der Waals surface area contributed by atoms with Crippen LogP contribution in [0.2, 0.25) is 0 Å². The van der Waals surface area contributed by atoms with Crippen LogP contribution in [0.15, 0.2) is 25.8 Å². The molecule has 1 aromatic carbocycles. The molecule has 3 rings (SSSR count). The van der Waals surface area contributed by atoms with E-state index in [4.69, 9.17) is 13.6 Å². The van der Waals surface area contributed by atoms with Crippen LogP contribution in [0.1, 0.15) is 30.7 Å². The summed E-state index contributed by atoms with van der Waals surface area (Å²) in [5, 5.41) is 1.45. The van der Waals surface area contributed by atoms with Crippen molar-refractivity contribution >= 4 is 27.7 Å². The van der Waals surface area contributed by atoms with Gasteiger partial charge in [-0.1, -0.05) is 0 Å². The molecule has 23 heavy (non-hydrogen) atoms. The first-order valence-corrected chi connectivity index (χ1v) is 7.44. The molecule has 0 saturated carbocycles. The van der Waals surface area contributed by atoms with E-state index in [-0.39, 0.29) is 5.78 Å². The van der Waals surface area contributed by atoms with E-state index in [0.717, 1.165) is 22.3 Å². The number of benzene rings is 1. The van der Waals surface area contributed by atoms with Gasteiger partial charge in [0.2, 0.25) is 0 Å². The van der Waals surface area contributed by atoms with E-state index in [2.05, 4.69) is 0 Å². The third-order valence-corrected chi connectivity index (χ3v) is 4.18. The van der Waals surface area contributed by atoms with E-state index in [9.17, 15) is 9.59 Å². The molecule has 0 radical (unpaired) electrons. The molecule has 120 valence electrons. The molecule has 5 heteroatoms. The summed E-state index contributed by atoms with van der Waals surface area (Å²) in [5.41, 5.74) is 2.25. The van der Waals surface area contributed by atoms with Gasteiger partial charge in [-0.3, -0.25) is 4.79 Å². The molecule has 0 aliphatic rings. The van der Waals surface area contributed by atoms with Crippen LogP contribution in [0, 0.1) is 20.8 Å². The lowest BCUT2D eigenvalue weighted by atomic mass is 10.0. The normalized spacial score (nSPS) is 12.7. The maximum atomic E-state index is 11.8. The number of carbonyl (C=O) groups excluding carboxylic acids is 1. The third kappa shape index (κ3) is 2.42. The van der Waals surface area contributed by atoms with Crippen molar-refractivity contribution in [3.63, 3.8) is 0 Å². The summed E-state index contributed by atoms with van der Waals surface area (Å²) in [4.78, 5) is 23.3. The van der Waals surface area contributed by atoms with Crippen LogP contribution >= 0.6 is 0 Å². The zero-order valence-electron chi connectivity index (χ0n) is 13.8. The molecule has 0 aliphatic heterocycles. The number of ketones is 1. The van der Waals surface area contributed by atoms with Crippen molar-refractivity contribution in [1.29, 1.82) is 0 Å². The van der Waals surface area contributed by atoms with Crippen molar-refractivity contribution in [3.8, 4) is 5.75 Å². The van der Waals surface area contributed by atoms with Crippen molar-refractivity contribution in [2.24, 2.45) is 0 Å². The average Bonchev–Trinajstić information content (AvgIpc) is 2.73. The topological polar surface area (TPSA) is 69.7 Å². The number of fused-ring (bicyclic) bond motifs is 3. The number of rotatable bonds is 3. The lowest BCUT2D eigenvalue weighted by Gasteiger charge is -2.15. The van der Waals surface area contributed by atoms with E-state index >= 15 is 0 Å². The number of furan rings is 1. The van der Waals surface area contributed by atoms with Gasteiger partial charge >= 0.3 is 5.63 Å². The highest BCUT2D eigenvalue weighted by Crippen LogP contribution is 2.38. The van der Waals surface area contributed by atoms with Gasteiger partial charge in [0.25, 0.3) is 0 Å². The fraction of sp³-hybridized carbons (Fsp3) is 0.333. The number of hydrogen-bond acceptors (Lipinski definition) is 5. The van der Waals surface area contributed by atoms with Crippen molar-refractivity contribution in [2.75, 3.05) is 0 Å². The molecule has 0 fully saturated rings. The Labute approximate surface area is 132 Å². The van der Waals surface area contributed by atoms with Gasteiger partial charge in [0.15, 0.2) is 17.5 Å². The Morgan fingerprint density at radius 3 is 2.48 bits per heavy atom. The highest BCUT2D eigenvalue weighted by atomic mass is 16.5. The molecule has 0 aliphatic carbocycles. The number of Topliss-reactive ketones (excluding diaryl/α,β-unsaturated/α-hetero) is 1. The second kappa shape index (κ2) is 5.26. The van der Waals surface area contributed by atoms with Crippen LogP contribution in [0.25, 0.3) is 21.9 Å². The number of ether oxygens (including phenoxy) is 1. The van der Waals surface area contributed by atoms with Gasteiger partial charge in [0, 0.05) is 17.7 Å². The molecule has 1 atom stereocenters. The van der Waals surface area contributed by atoms with Gasteiger partial charge < -0.3 is 13.6 Å². The maximum Gasteiger partial charge on any atom is 0.336 e. The summed E-state index contributed by atoms with van der Waals surface area (Å²) in [6, 6.07) is 3.17. The molecule has 2 aromatic heterocycles. The lowest BCUT2D eigenvalue weighted by Crippen LogP contribution is -2.21. The summed E-state index contributed by atoms with van der Waals surface area (Å²) in [6.45, 7) is 8.75. The first-order chi connectivity index (χ1) is 10.8. The van der Waals surface area contributed by atoms with Crippen LogP contribution < -0.4 is 10.4 Å². The van der Waals surface area contributed by atoms with Crippen molar-refractivity contribution in [2.45, 2.75) is 40.7 Å². The van der Waals surface area contributed by atoms with Crippen LogP contribution in [0.3, 0.4) is 0 Å². The first kappa shape index (κ1) is 15.3. The second-order valence-electron chi connectivity index (χ2n) is 5.85. The van der Waals surface area contributed by atoms with E-state index in [1.807, 2.05) is 20.8 Å². The molecular weight excluding hydrogens is 296 g/mol. The van der Waals surface area contributed by atoms with Gasteiger partial charge in [0.05, 0.1) is 10.8 Å². The molecule has 3 aromatic rings. The highest BCUT2D eigenvalue weighted by molar-refractivity contribution is 6.08. The predicted octanol–water partition coefficient (Wildman–Crippen LogP) is 3.82. The van der Waals surface area contributed by atoms with Crippen molar-refractivity contribution < 1.29 is 18.4 Å². The Bertz CT molecular complexity index is 990. The van der Waals surface area contributed by atoms with Crippen LogP contribution in [0.4, 0.5) is 0 Å². The van der Waals surface area contributed by atoms with Crippen LogP contribution in [-0.4, -0.2) is 11.9 Å². The molecular formula is C18H18O5. The fourth-order valence-corrected chi connectivity index (χ4v) is 2.69. The number of carbonyl (C=O) groups is 1. The molecule has 0 N–H and O–H groups in total. The smallest absolute Gasteiger partial charge is 0.336 e. The highest BCUT2D eigenvalue weighted by Gasteiger charge is 2.21. The molecule has 0 amide bonds. The Kier molecular flexibility index (Phi) is 3.51. The Balaban J connectivity index is 2.43. The van der Waals surface area contributed by atoms with Crippen LogP contribution in [0.5, 0.6) is 5.75 Å². The average molecular weight is 314 g/mol. The number of aryl methyl sites for hydroxylation is 3. The van der Waals surface area contributed by atoms with E-state index in [0.29, 0.717) is 22.3 Å². The molecule has 5 nitrogen and oxygen atoms in total. The predicted molar refractivity (Wildman–Crippen MR) is 87.2 cm³/mol. The largest absolute Gasteiger partial charge is 0.482 e. The maximum absolute atomic E-state index is 11.8. The van der Waals surface area contributed by atoms with E-state index in [1.165, 1.54) is 13.0 Å². The molecule has 0 saturated heterocycles. The summed E-state index contributed by atoms with van der Waals surface area (Å²) < 4.78 is 17.0. The lowest BCUT2D eigenvalue weighted by molar-refractivity contribution is -0.122. The molecule has 2 heterocycles. The monoisotopic (exact) mass is 314 g/mol.